The van der Waals surface area contributed by atoms with E-state index in [1.807, 2.05) is 64.1 Å². The van der Waals surface area contributed by atoms with Crippen LogP contribution in [0.3, 0.4) is 0 Å². The fraction of sp³-hybridized carbons (Fsp3) is 0.464. The molecule has 0 heterocycles. The third-order valence-electron chi connectivity index (χ3n) is 12.0. The molecule has 4 amide bonds. The summed E-state index contributed by atoms with van der Waals surface area (Å²) in [4.78, 5) is 79.3. The van der Waals surface area contributed by atoms with Crippen molar-refractivity contribution in [3.63, 3.8) is 0 Å². The average Bonchev–Trinajstić information content (AvgIpc) is 3.36. The molecular formula is C56H72N4O12. The number of benzene rings is 4. The number of para-hydroxylation sites is 2. The second-order valence-corrected chi connectivity index (χ2v) is 18.1. The normalized spacial score (nSPS) is 13.5. The van der Waals surface area contributed by atoms with Gasteiger partial charge in [-0.15, -0.1) is 0 Å². The molecule has 0 fully saturated rings. The second-order valence-electron chi connectivity index (χ2n) is 18.1. The van der Waals surface area contributed by atoms with Crippen molar-refractivity contribution in [2.24, 2.45) is 0 Å². The molecule has 0 spiro atoms. The lowest BCUT2D eigenvalue weighted by Gasteiger charge is -2.24. The molecule has 0 unspecified atom stereocenters. The van der Waals surface area contributed by atoms with Crippen LogP contribution in [0.5, 0.6) is 23.0 Å². The first-order valence-corrected chi connectivity index (χ1v) is 25.0. The molecule has 0 radical (unpaired) electrons. The van der Waals surface area contributed by atoms with Gasteiger partial charge in [0.05, 0.1) is 40.6 Å². The third kappa shape index (κ3) is 14.5. The predicted molar refractivity (Wildman–Crippen MR) is 273 cm³/mol. The van der Waals surface area contributed by atoms with Gasteiger partial charge in [-0.05, 0) is 122 Å². The van der Waals surface area contributed by atoms with E-state index in [2.05, 4.69) is 21.3 Å². The largest absolute Gasteiger partial charge is 0.493 e. The van der Waals surface area contributed by atoms with Crippen LogP contribution in [0.2, 0.25) is 0 Å². The van der Waals surface area contributed by atoms with E-state index in [1.54, 1.807) is 38.1 Å². The summed E-state index contributed by atoms with van der Waals surface area (Å²) in [6.45, 7) is 15.8. The van der Waals surface area contributed by atoms with Crippen LogP contribution >= 0.6 is 0 Å². The molecule has 4 N–H and O–H groups in total. The van der Waals surface area contributed by atoms with Crippen molar-refractivity contribution in [1.29, 1.82) is 0 Å². The number of nitrogens with one attached hydrogen (secondary N) is 4. The molecule has 0 aliphatic heterocycles. The number of carbonyl (C=O) groups excluding carboxylic acids is 6. The standard InChI is InChI=1S/C56H72N4O12/c1-11-21-69-47-37-17-15-18-38(47)26-42-30-46(54(64)58-34(6)52(62)60-36(8)56(66)68-10)32-44(50(42)72-24-14-4)28-40-20-16-19-39(48(40)70-22-12-2)27-43-31-45(29-41(25-37)49(43)71-23-13-3)53(63)57-33(5)51(61)59-35(7)55(65)67-9/h15-20,29-36H,11-14,21-28H2,1-10H3,(H,57,63)(H,58,64)(H,59,61)(H,60,62)/t33-,34-,35-,36-/m0/s1. The van der Waals surface area contributed by atoms with E-state index >= 15 is 0 Å². The lowest BCUT2D eigenvalue weighted by Crippen LogP contribution is -2.49. The second kappa shape index (κ2) is 26.9. The molecular weight excluding hydrogens is 921 g/mol. The van der Waals surface area contributed by atoms with Gasteiger partial charge in [0.2, 0.25) is 11.8 Å². The van der Waals surface area contributed by atoms with Crippen LogP contribution in [-0.2, 0) is 54.3 Å². The molecule has 0 aromatic heterocycles. The quantitative estimate of drug-likeness (QED) is 0.0512. The van der Waals surface area contributed by atoms with Crippen LogP contribution < -0.4 is 40.2 Å². The van der Waals surface area contributed by atoms with Gasteiger partial charge in [0.25, 0.3) is 11.8 Å². The maximum Gasteiger partial charge on any atom is 0.328 e. The van der Waals surface area contributed by atoms with Gasteiger partial charge in [0, 0.05) is 36.8 Å². The molecule has 16 nitrogen and oxygen atoms in total. The topological polar surface area (TPSA) is 206 Å². The summed E-state index contributed by atoms with van der Waals surface area (Å²) >= 11 is 0. The third-order valence-corrected chi connectivity index (χ3v) is 12.0. The van der Waals surface area contributed by atoms with E-state index < -0.39 is 59.7 Å². The molecule has 1 aliphatic carbocycles. The highest BCUT2D eigenvalue weighted by Crippen LogP contribution is 2.40. The highest BCUT2D eigenvalue weighted by molar-refractivity contribution is 5.99. The molecule has 5 rings (SSSR count). The molecule has 16 heteroatoms. The smallest absolute Gasteiger partial charge is 0.328 e. The molecule has 4 atom stereocenters. The fourth-order valence-electron chi connectivity index (χ4n) is 8.35. The summed E-state index contributed by atoms with van der Waals surface area (Å²) in [5, 5.41) is 10.9. The van der Waals surface area contributed by atoms with Gasteiger partial charge in [-0.25, -0.2) is 9.59 Å². The number of amides is 4. The summed E-state index contributed by atoms with van der Waals surface area (Å²) in [5.41, 5.74) is 6.75. The number of rotatable bonds is 22. The number of fused-ring (bicyclic) bond motifs is 8. The lowest BCUT2D eigenvalue weighted by atomic mass is 9.89. The van der Waals surface area contributed by atoms with Gasteiger partial charge in [-0.1, -0.05) is 64.1 Å². The number of hydrogen-bond donors (Lipinski definition) is 4. The zero-order valence-corrected chi connectivity index (χ0v) is 43.5. The molecule has 1 aliphatic rings. The van der Waals surface area contributed by atoms with Crippen LogP contribution in [0.25, 0.3) is 0 Å². The summed E-state index contributed by atoms with van der Waals surface area (Å²) in [6.07, 6.45) is 4.02. The Morgan fingerprint density at radius 2 is 0.681 bits per heavy atom. The Bertz CT molecular complexity index is 2310. The van der Waals surface area contributed by atoms with Crippen LogP contribution in [0.15, 0.2) is 60.7 Å². The Morgan fingerprint density at radius 1 is 0.417 bits per heavy atom. The van der Waals surface area contributed by atoms with Crippen molar-refractivity contribution in [2.75, 3.05) is 40.6 Å². The van der Waals surface area contributed by atoms with Gasteiger partial charge < -0.3 is 49.7 Å². The molecule has 0 saturated carbocycles. The van der Waals surface area contributed by atoms with Crippen LogP contribution in [0.4, 0.5) is 0 Å². The molecule has 4 aromatic carbocycles. The predicted octanol–water partition coefficient (Wildman–Crippen LogP) is 7.11. The van der Waals surface area contributed by atoms with Crippen molar-refractivity contribution in [1.82, 2.24) is 21.3 Å². The van der Waals surface area contributed by atoms with Crippen molar-refractivity contribution < 1.29 is 57.2 Å². The molecule has 388 valence electrons. The Morgan fingerprint density at radius 3 is 0.931 bits per heavy atom. The first-order valence-electron chi connectivity index (χ1n) is 25.0. The highest BCUT2D eigenvalue weighted by Gasteiger charge is 2.28. The Kier molecular flexibility index (Phi) is 20.9. The maximum absolute atomic E-state index is 14.3. The van der Waals surface area contributed by atoms with E-state index in [0.717, 1.165) is 47.9 Å². The molecule has 8 bridgehead atoms. The lowest BCUT2D eigenvalue weighted by molar-refractivity contribution is -0.145. The van der Waals surface area contributed by atoms with E-state index in [-0.39, 0.29) is 25.7 Å². The van der Waals surface area contributed by atoms with Crippen LogP contribution in [0.1, 0.15) is 146 Å². The van der Waals surface area contributed by atoms with E-state index in [4.69, 9.17) is 28.4 Å². The minimum Gasteiger partial charge on any atom is -0.493 e. The summed E-state index contributed by atoms with van der Waals surface area (Å²) in [5.74, 6) is -0.828. The number of ether oxygens (including phenoxy) is 6. The number of methoxy groups -OCH3 is 2. The SMILES string of the molecule is CCCOc1c2cccc1Cc1cc(C(=O)N[C@@H](C)C(=O)N[C@@H](C)C(=O)OC)cc(c1OCCC)Cc1cccc(c1OCCC)Cc1cc(C(=O)N[C@@H](C)C(=O)N[C@@H](C)C(=O)OC)cc(c1OCCC)C2. The van der Waals surface area contributed by atoms with Crippen molar-refractivity contribution in [2.45, 2.75) is 131 Å². The van der Waals surface area contributed by atoms with Crippen molar-refractivity contribution >= 4 is 35.6 Å². The molecule has 72 heavy (non-hydrogen) atoms. The van der Waals surface area contributed by atoms with Gasteiger partial charge in [0.15, 0.2) is 0 Å². The molecule has 4 aromatic rings. The van der Waals surface area contributed by atoms with Gasteiger partial charge in [0.1, 0.15) is 47.2 Å². The fourth-order valence-corrected chi connectivity index (χ4v) is 8.35. The van der Waals surface area contributed by atoms with E-state index in [0.29, 0.717) is 82.8 Å². The Balaban J connectivity index is 1.75. The first-order chi connectivity index (χ1) is 34.6. The van der Waals surface area contributed by atoms with Gasteiger partial charge in [-0.3, -0.25) is 19.2 Å². The van der Waals surface area contributed by atoms with Crippen molar-refractivity contribution in [3.05, 3.63) is 116 Å². The zero-order chi connectivity index (χ0) is 52.5. The number of hydrogen-bond acceptors (Lipinski definition) is 12. The number of esters is 2. The highest BCUT2D eigenvalue weighted by atomic mass is 16.5. The summed E-state index contributed by atoms with van der Waals surface area (Å²) in [7, 11) is 2.47. The van der Waals surface area contributed by atoms with E-state index in [1.165, 1.54) is 28.1 Å². The van der Waals surface area contributed by atoms with Crippen LogP contribution in [-0.4, -0.2) is 100 Å². The average molecular weight is 993 g/mol. The van der Waals surface area contributed by atoms with Gasteiger partial charge in [-0.2, -0.15) is 0 Å². The zero-order valence-electron chi connectivity index (χ0n) is 43.5. The van der Waals surface area contributed by atoms with E-state index in [9.17, 15) is 28.8 Å². The minimum absolute atomic E-state index is 0.285. The number of carbonyl (C=O) groups is 6. The summed E-state index contributed by atoms with van der Waals surface area (Å²) < 4.78 is 36.2. The maximum atomic E-state index is 14.3. The first kappa shape index (κ1) is 55.8. The van der Waals surface area contributed by atoms with Crippen molar-refractivity contribution in [3.8, 4) is 23.0 Å². The monoisotopic (exact) mass is 993 g/mol. The molecule has 0 saturated heterocycles. The van der Waals surface area contributed by atoms with Crippen LogP contribution in [0, 0.1) is 0 Å². The minimum atomic E-state index is -1.01. The Labute approximate surface area is 423 Å². The Hall–Kier alpha value is -7.10. The summed E-state index contributed by atoms with van der Waals surface area (Å²) in [6, 6.07) is 15.2. The van der Waals surface area contributed by atoms with Gasteiger partial charge >= 0.3 is 11.9 Å².